The van der Waals surface area contributed by atoms with Crippen molar-refractivity contribution in [1.29, 1.82) is 0 Å². The molecular weight excluding hydrogens is 314 g/mol. The summed E-state index contributed by atoms with van der Waals surface area (Å²) in [5, 5.41) is 0. The molecule has 2 aliphatic heterocycles. The van der Waals surface area contributed by atoms with Crippen molar-refractivity contribution >= 4 is 17.2 Å². The molecule has 1 atom stereocenters. The van der Waals surface area contributed by atoms with Gasteiger partial charge in [0, 0.05) is 18.3 Å². The SMILES string of the molecule is CCCc1cc2c(cc1N1c3ncccc3N(C(C)C)C1C)OCO2. The Morgan fingerprint density at radius 1 is 1.20 bits per heavy atom. The first-order valence-corrected chi connectivity index (χ1v) is 9.07. The molecule has 0 saturated heterocycles. The van der Waals surface area contributed by atoms with E-state index in [4.69, 9.17) is 14.5 Å². The van der Waals surface area contributed by atoms with Crippen LogP contribution in [0.4, 0.5) is 17.2 Å². The summed E-state index contributed by atoms with van der Waals surface area (Å²) < 4.78 is 11.2. The number of aromatic nitrogens is 1. The fraction of sp³-hybridized carbons (Fsp3) is 0.450. The Kier molecular flexibility index (Phi) is 3.94. The van der Waals surface area contributed by atoms with E-state index in [0.717, 1.165) is 30.2 Å². The fourth-order valence-electron chi connectivity index (χ4n) is 3.97. The monoisotopic (exact) mass is 339 g/mol. The van der Waals surface area contributed by atoms with Gasteiger partial charge in [-0.1, -0.05) is 13.3 Å². The predicted octanol–water partition coefficient (Wildman–Crippen LogP) is 4.48. The Bertz CT molecular complexity index is 791. The van der Waals surface area contributed by atoms with Gasteiger partial charge < -0.3 is 19.3 Å². The highest BCUT2D eigenvalue weighted by Crippen LogP contribution is 2.47. The van der Waals surface area contributed by atoms with Crippen molar-refractivity contribution in [2.45, 2.75) is 52.7 Å². The van der Waals surface area contributed by atoms with E-state index >= 15 is 0 Å². The Balaban J connectivity index is 1.87. The molecule has 2 aliphatic rings. The quantitative estimate of drug-likeness (QED) is 0.821. The smallest absolute Gasteiger partial charge is 0.231 e. The summed E-state index contributed by atoms with van der Waals surface area (Å²) >= 11 is 0. The second-order valence-electron chi connectivity index (χ2n) is 6.93. The number of aryl methyl sites for hydroxylation is 1. The van der Waals surface area contributed by atoms with Crippen LogP contribution < -0.4 is 19.3 Å². The average molecular weight is 339 g/mol. The van der Waals surface area contributed by atoms with E-state index in [0.29, 0.717) is 12.8 Å². The lowest BCUT2D eigenvalue weighted by Gasteiger charge is -2.33. The van der Waals surface area contributed by atoms with Crippen molar-refractivity contribution in [2.75, 3.05) is 16.6 Å². The number of pyridine rings is 1. The molecule has 0 N–H and O–H groups in total. The molecule has 1 aromatic carbocycles. The zero-order valence-electron chi connectivity index (χ0n) is 15.3. The van der Waals surface area contributed by atoms with Crippen LogP contribution in [-0.4, -0.2) is 24.0 Å². The summed E-state index contributed by atoms with van der Waals surface area (Å²) in [5.74, 6) is 2.68. The maximum absolute atomic E-state index is 5.65. The first-order chi connectivity index (χ1) is 12.1. The first kappa shape index (κ1) is 16.1. The Morgan fingerprint density at radius 3 is 2.68 bits per heavy atom. The number of anilines is 3. The number of nitrogens with zero attached hydrogens (tertiary/aromatic N) is 3. The fourth-order valence-corrected chi connectivity index (χ4v) is 3.97. The summed E-state index contributed by atoms with van der Waals surface area (Å²) in [4.78, 5) is 9.46. The van der Waals surface area contributed by atoms with Gasteiger partial charge in [-0.05, 0) is 51.0 Å². The van der Waals surface area contributed by atoms with Crippen molar-refractivity contribution in [3.8, 4) is 11.5 Å². The Morgan fingerprint density at radius 2 is 1.96 bits per heavy atom. The van der Waals surface area contributed by atoms with Crippen LogP contribution in [0.3, 0.4) is 0 Å². The predicted molar refractivity (Wildman–Crippen MR) is 100 cm³/mol. The molecule has 2 aromatic rings. The molecule has 0 amide bonds. The molecule has 0 radical (unpaired) electrons. The number of hydrogen-bond donors (Lipinski definition) is 0. The molecule has 1 aromatic heterocycles. The highest BCUT2D eigenvalue weighted by Gasteiger charge is 2.37. The summed E-state index contributed by atoms with van der Waals surface area (Å²) in [6.07, 6.45) is 4.15. The summed E-state index contributed by atoms with van der Waals surface area (Å²) in [6.45, 7) is 9.19. The molecule has 132 valence electrons. The maximum Gasteiger partial charge on any atom is 0.231 e. The molecule has 25 heavy (non-hydrogen) atoms. The molecular formula is C20H25N3O2. The van der Waals surface area contributed by atoms with Gasteiger partial charge in [0.15, 0.2) is 17.3 Å². The molecule has 1 unspecified atom stereocenters. The van der Waals surface area contributed by atoms with Crippen LogP contribution in [0, 0.1) is 0 Å². The largest absolute Gasteiger partial charge is 0.454 e. The van der Waals surface area contributed by atoms with Crippen LogP contribution >= 0.6 is 0 Å². The van der Waals surface area contributed by atoms with Crippen molar-refractivity contribution in [2.24, 2.45) is 0 Å². The normalized spacial score (nSPS) is 18.2. The molecule has 4 rings (SSSR count). The number of ether oxygens (including phenoxy) is 2. The zero-order valence-corrected chi connectivity index (χ0v) is 15.3. The average Bonchev–Trinajstić information content (AvgIpc) is 3.15. The highest BCUT2D eigenvalue weighted by atomic mass is 16.7. The van der Waals surface area contributed by atoms with Crippen LogP contribution in [0.1, 0.15) is 39.7 Å². The molecule has 0 spiro atoms. The molecule has 0 fully saturated rings. The van der Waals surface area contributed by atoms with E-state index in [1.807, 2.05) is 12.3 Å². The lowest BCUT2D eigenvalue weighted by atomic mass is 10.1. The Labute approximate surface area is 149 Å². The van der Waals surface area contributed by atoms with Gasteiger partial charge in [-0.3, -0.25) is 0 Å². The van der Waals surface area contributed by atoms with Crippen LogP contribution in [-0.2, 0) is 6.42 Å². The van der Waals surface area contributed by atoms with Gasteiger partial charge in [0.2, 0.25) is 6.79 Å². The van der Waals surface area contributed by atoms with Crippen LogP contribution in [0.15, 0.2) is 30.5 Å². The van der Waals surface area contributed by atoms with Crippen LogP contribution in [0.2, 0.25) is 0 Å². The van der Waals surface area contributed by atoms with Gasteiger partial charge in [-0.15, -0.1) is 0 Å². The minimum Gasteiger partial charge on any atom is -0.454 e. The highest BCUT2D eigenvalue weighted by molar-refractivity contribution is 5.83. The molecule has 0 saturated carbocycles. The minimum absolute atomic E-state index is 0.195. The topological polar surface area (TPSA) is 37.8 Å². The lowest BCUT2D eigenvalue weighted by molar-refractivity contribution is 0.174. The Hall–Kier alpha value is -2.43. The van der Waals surface area contributed by atoms with E-state index in [2.05, 4.69) is 55.7 Å². The van der Waals surface area contributed by atoms with Gasteiger partial charge in [-0.2, -0.15) is 0 Å². The molecule has 5 nitrogen and oxygen atoms in total. The number of fused-ring (bicyclic) bond motifs is 2. The standard InChI is InChI=1S/C20H25N3O2/c1-5-7-15-10-18-19(25-12-24-18)11-17(15)23-14(4)22(13(2)3)16-8-6-9-21-20(16)23/h6,8-11,13-14H,5,7,12H2,1-4H3. The van der Waals surface area contributed by atoms with Crippen molar-refractivity contribution in [3.05, 3.63) is 36.0 Å². The van der Waals surface area contributed by atoms with Gasteiger partial charge in [0.1, 0.15) is 6.17 Å². The number of hydrogen-bond acceptors (Lipinski definition) is 5. The summed E-state index contributed by atoms with van der Waals surface area (Å²) in [5.41, 5.74) is 3.63. The van der Waals surface area contributed by atoms with E-state index < -0.39 is 0 Å². The molecule has 3 heterocycles. The molecule has 5 heteroatoms. The van der Waals surface area contributed by atoms with Gasteiger partial charge in [-0.25, -0.2) is 4.98 Å². The first-order valence-electron chi connectivity index (χ1n) is 9.07. The maximum atomic E-state index is 5.65. The van der Waals surface area contributed by atoms with E-state index in [-0.39, 0.29) is 6.17 Å². The van der Waals surface area contributed by atoms with E-state index in [1.54, 1.807) is 0 Å². The number of rotatable bonds is 4. The van der Waals surface area contributed by atoms with Crippen LogP contribution in [0.25, 0.3) is 0 Å². The third-order valence-corrected chi connectivity index (χ3v) is 4.96. The van der Waals surface area contributed by atoms with Gasteiger partial charge in [0.05, 0.1) is 11.4 Å². The van der Waals surface area contributed by atoms with Gasteiger partial charge >= 0.3 is 0 Å². The van der Waals surface area contributed by atoms with Gasteiger partial charge in [0.25, 0.3) is 0 Å². The lowest BCUT2D eigenvalue weighted by Crippen LogP contribution is -2.42. The number of benzene rings is 1. The minimum atomic E-state index is 0.195. The van der Waals surface area contributed by atoms with Crippen LogP contribution in [0.5, 0.6) is 11.5 Å². The second kappa shape index (κ2) is 6.14. The second-order valence-corrected chi connectivity index (χ2v) is 6.93. The molecule has 0 aliphatic carbocycles. The van der Waals surface area contributed by atoms with Crippen molar-refractivity contribution < 1.29 is 9.47 Å². The third kappa shape index (κ3) is 2.49. The summed E-state index contributed by atoms with van der Waals surface area (Å²) in [6, 6.07) is 8.81. The third-order valence-electron chi connectivity index (χ3n) is 4.96. The van der Waals surface area contributed by atoms with Crippen molar-refractivity contribution in [1.82, 2.24) is 4.98 Å². The van der Waals surface area contributed by atoms with E-state index in [9.17, 15) is 0 Å². The van der Waals surface area contributed by atoms with E-state index in [1.165, 1.54) is 16.9 Å². The summed E-state index contributed by atoms with van der Waals surface area (Å²) in [7, 11) is 0. The van der Waals surface area contributed by atoms with Crippen molar-refractivity contribution in [3.63, 3.8) is 0 Å². The zero-order chi connectivity index (χ0) is 17.6. The molecule has 0 bridgehead atoms.